The Hall–Kier alpha value is -1.05. The molecule has 0 saturated heterocycles. The van der Waals surface area contributed by atoms with Gasteiger partial charge in [0.15, 0.2) is 0 Å². The second-order valence-corrected chi connectivity index (χ2v) is 2.97. The van der Waals surface area contributed by atoms with Gasteiger partial charge in [0.1, 0.15) is 5.82 Å². The molecule has 0 N–H and O–H groups in total. The first-order valence-electron chi connectivity index (χ1n) is 3.99. The number of imidazole rings is 1. The van der Waals surface area contributed by atoms with E-state index in [1.165, 1.54) is 5.69 Å². The lowest BCUT2D eigenvalue weighted by molar-refractivity contribution is 0.669. The van der Waals surface area contributed by atoms with Crippen LogP contribution in [0, 0.1) is 13.8 Å². The van der Waals surface area contributed by atoms with Crippen LogP contribution >= 0.6 is 0 Å². The van der Waals surface area contributed by atoms with Crippen LogP contribution in [0.1, 0.15) is 23.6 Å². The second-order valence-electron chi connectivity index (χ2n) is 2.97. The number of hydrogen-bond donors (Lipinski definition) is 0. The van der Waals surface area contributed by atoms with Crippen molar-refractivity contribution >= 4 is 6.08 Å². The maximum absolute atomic E-state index is 4.40. The quantitative estimate of drug-likeness (QED) is 0.549. The molecule has 0 aliphatic carbocycles. The van der Waals surface area contributed by atoms with Crippen LogP contribution in [-0.4, -0.2) is 9.55 Å². The third-order valence-corrected chi connectivity index (χ3v) is 2.18. The predicted molar refractivity (Wildman–Crippen MR) is 45.4 cm³/mol. The summed E-state index contributed by atoms with van der Waals surface area (Å²) < 4.78 is 2.27. The molecule has 2 rings (SSSR count). The minimum absolute atomic E-state index is 1.10. The van der Waals surface area contributed by atoms with E-state index in [9.17, 15) is 0 Å². The molecule has 1 aliphatic heterocycles. The lowest BCUT2D eigenvalue weighted by Gasteiger charge is -2.10. The normalized spacial score (nSPS) is 15.1. The van der Waals surface area contributed by atoms with E-state index >= 15 is 0 Å². The van der Waals surface area contributed by atoms with Gasteiger partial charge in [0, 0.05) is 6.54 Å². The van der Waals surface area contributed by atoms with Gasteiger partial charge in [0.05, 0.1) is 11.4 Å². The molecule has 0 atom stereocenters. The Bertz CT molecular complexity index is 308. The molecule has 1 aromatic rings. The lowest BCUT2D eigenvalue weighted by Crippen LogP contribution is -2.05. The summed E-state index contributed by atoms with van der Waals surface area (Å²) in [5, 5.41) is 0. The molecule has 0 spiro atoms. The summed E-state index contributed by atoms with van der Waals surface area (Å²) in [7, 11) is 0. The lowest BCUT2D eigenvalue weighted by atomic mass is 10.2. The molecule has 2 nitrogen and oxygen atoms in total. The molecule has 0 aromatic carbocycles. The molecule has 1 aromatic heterocycles. The monoisotopic (exact) mass is 148 g/mol. The van der Waals surface area contributed by atoms with Gasteiger partial charge in [-0.05, 0) is 26.3 Å². The molecule has 1 aliphatic rings. The minimum atomic E-state index is 1.10. The van der Waals surface area contributed by atoms with E-state index in [2.05, 4.69) is 35.6 Å². The highest BCUT2D eigenvalue weighted by molar-refractivity contribution is 5.50. The van der Waals surface area contributed by atoms with Crippen LogP contribution in [0.2, 0.25) is 0 Å². The van der Waals surface area contributed by atoms with Gasteiger partial charge >= 0.3 is 0 Å². The molecule has 0 saturated carbocycles. The van der Waals surface area contributed by atoms with Crippen molar-refractivity contribution in [2.45, 2.75) is 26.8 Å². The van der Waals surface area contributed by atoms with Gasteiger partial charge in [0.2, 0.25) is 0 Å². The van der Waals surface area contributed by atoms with Crippen molar-refractivity contribution in [1.29, 1.82) is 0 Å². The number of allylic oxidation sites excluding steroid dienone is 1. The fourth-order valence-corrected chi connectivity index (χ4v) is 1.62. The van der Waals surface area contributed by atoms with Crippen molar-refractivity contribution in [3.63, 3.8) is 0 Å². The van der Waals surface area contributed by atoms with Crippen LogP contribution in [0.5, 0.6) is 0 Å². The van der Waals surface area contributed by atoms with Crippen LogP contribution in [-0.2, 0) is 6.54 Å². The largest absolute Gasteiger partial charge is 0.328 e. The third kappa shape index (κ3) is 0.897. The van der Waals surface area contributed by atoms with Crippen molar-refractivity contribution in [2.24, 2.45) is 0 Å². The highest BCUT2D eigenvalue weighted by atomic mass is 15.1. The number of rotatable bonds is 0. The van der Waals surface area contributed by atoms with E-state index in [1.807, 2.05) is 0 Å². The first kappa shape index (κ1) is 6.65. The summed E-state index contributed by atoms with van der Waals surface area (Å²) in [5.41, 5.74) is 2.44. The molecule has 0 fully saturated rings. The second kappa shape index (κ2) is 2.22. The molecule has 0 amide bonds. The molecule has 0 radical (unpaired) electrons. The van der Waals surface area contributed by atoms with Gasteiger partial charge in [-0.1, -0.05) is 6.08 Å². The Labute approximate surface area is 66.6 Å². The number of nitrogens with zero attached hydrogens (tertiary/aromatic N) is 2. The predicted octanol–water partition coefficient (Wildman–Crippen LogP) is 1.92. The number of aromatic nitrogens is 2. The van der Waals surface area contributed by atoms with Gasteiger partial charge in [-0.15, -0.1) is 0 Å². The summed E-state index contributed by atoms with van der Waals surface area (Å²) in [6.45, 7) is 5.22. The minimum Gasteiger partial charge on any atom is -0.328 e. The zero-order valence-electron chi connectivity index (χ0n) is 6.96. The van der Waals surface area contributed by atoms with Crippen molar-refractivity contribution in [1.82, 2.24) is 9.55 Å². The van der Waals surface area contributed by atoms with E-state index in [1.54, 1.807) is 0 Å². The SMILES string of the molecule is Cc1nc(C)n2c1C=CCC2. The summed E-state index contributed by atoms with van der Waals surface area (Å²) in [4.78, 5) is 4.40. The highest BCUT2D eigenvalue weighted by Gasteiger charge is 2.10. The zero-order chi connectivity index (χ0) is 7.84. The summed E-state index contributed by atoms with van der Waals surface area (Å²) in [6.07, 6.45) is 5.52. The fourth-order valence-electron chi connectivity index (χ4n) is 1.62. The van der Waals surface area contributed by atoms with E-state index in [4.69, 9.17) is 0 Å². The molecule has 0 bridgehead atoms. The van der Waals surface area contributed by atoms with Crippen LogP contribution in [0.25, 0.3) is 6.08 Å². The molecule has 2 heteroatoms. The van der Waals surface area contributed by atoms with E-state index < -0.39 is 0 Å². The van der Waals surface area contributed by atoms with Crippen molar-refractivity contribution in [3.8, 4) is 0 Å². The molecular weight excluding hydrogens is 136 g/mol. The van der Waals surface area contributed by atoms with Gasteiger partial charge in [-0.25, -0.2) is 4.98 Å². The van der Waals surface area contributed by atoms with Crippen LogP contribution < -0.4 is 0 Å². The summed E-state index contributed by atoms with van der Waals surface area (Å²) >= 11 is 0. The van der Waals surface area contributed by atoms with Crippen LogP contribution in [0.4, 0.5) is 0 Å². The average Bonchev–Trinajstić information content (AvgIpc) is 2.30. The van der Waals surface area contributed by atoms with Gasteiger partial charge in [0.25, 0.3) is 0 Å². The van der Waals surface area contributed by atoms with Crippen molar-refractivity contribution in [2.75, 3.05) is 0 Å². The molecule has 58 valence electrons. The Balaban J connectivity index is 2.63. The third-order valence-electron chi connectivity index (χ3n) is 2.18. The van der Waals surface area contributed by atoms with Crippen LogP contribution in [0.3, 0.4) is 0 Å². The van der Waals surface area contributed by atoms with Crippen molar-refractivity contribution in [3.05, 3.63) is 23.3 Å². The topological polar surface area (TPSA) is 17.8 Å². The Kier molecular flexibility index (Phi) is 1.34. The number of hydrogen-bond acceptors (Lipinski definition) is 1. The summed E-state index contributed by atoms with van der Waals surface area (Å²) in [6, 6.07) is 0. The molecular formula is C9H12N2. The van der Waals surface area contributed by atoms with Gasteiger partial charge < -0.3 is 4.57 Å². The summed E-state index contributed by atoms with van der Waals surface area (Å²) in [5.74, 6) is 1.14. The standard InChI is InChI=1S/C9H12N2/c1-7-9-5-3-4-6-11(9)8(2)10-7/h3,5H,4,6H2,1-2H3. The Morgan fingerprint density at radius 2 is 2.27 bits per heavy atom. The number of aryl methyl sites for hydroxylation is 2. The van der Waals surface area contributed by atoms with Crippen molar-refractivity contribution < 1.29 is 0 Å². The van der Waals surface area contributed by atoms with Gasteiger partial charge in [-0.2, -0.15) is 0 Å². The zero-order valence-corrected chi connectivity index (χ0v) is 6.96. The Morgan fingerprint density at radius 1 is 1.45 bits per heavy atom. The van der Waals surface area contributed by atoms with E-state index in [0.29, 0.717) is 0 Å². The van der Waals surface area contributed by atoms with Crippen LogP contribution in [0.15, 0.2) is 6.08 Å². The smallest absolute Gasteiger partial charge is 0.106 e. The van der Waals surface area contributed by atoms with E-state index in [-0.39, 0.29) is 0 Å². The first-order valence-corrected chi connectivity index (χ1v) is 3.99. The van der Waals surface area contributed by atoms with E-state index in [0.717, 1.165) is 24.5 Å². The Morgan fingerprint density at radius 3 is 3.00 bits per heavy atom. The molecule has 2 heterocycles. The maximum atomic E-state index is 4.40. The maximum Gasteiger partial charge on any atom is 0.106 e. The molecule has 0 unspecified atom stereocenters. The average molecular weight is 148 g/mol. The molecule has 11 heavy (non-hydrogen) atoms. The first-order chi connectivity index (χ1) is 5.29. The number of fused-ring (bicyclic) bond motifs is 1. The van der Waals surface area contributed by atoms with Gasteiger partial charge in [-0.3, -0.25) is 0 Å². The highest BCUT2D eigenvalue weighted by Crippen LogP contribution is 2.17. The fraction of sp³-hybridized carbons (Fsp3) is 0.444.